The van der Waals surface area contributed by atoms with Crippen LogP contribution in [0.1, 0.15) is 51.0 Å². The van der Waals surface area contributed by atoms with Crippen molar-refractivity contribution in [2.45, 2.75) is 64.1 Å². The quantitative estimate of drug-likeness (QED) is 0.565. The number of carbonyl (C=O) groups is 2. The zero-order valence-corrected chi connectivity index (χ0v) is 19.1. The van der Waals surface area contributed by atoms with Crippen LogP contribution in [0, 0.1) is 5.82 Å². The SMILES string of the molecule is CCC(C(=O)NC1CCCCC1)N(Cc1ccc(Cl)cc1)C(=O)COc1ccc(F)cc1. The molecular formula is C25H30ClFN2O3. The Labute approximate surface area is 193 Å². The number of nitrogens with one attached hydrogen (secondary N) is 1. The van der Waals surface area contributed by atoms with Gasteiger partial charge in [-0.2, -0.15) is 0 Å². The average molecular weight is 461 g/mol. The third-order valence-corrected chi connectivity index (χ3v) is 6.03. The fourth-order valence-corrected chi connectivity index (χ4v) is 4.14. The van der Waals surface area contributed by atoms with Gasteiger partial charge in [0, 0.05) is 17.6 Å². The first-order valence-corrected chi connectivity index (χ1v) is 11.6. The lowest BCUT2D eigenvalue weighted by Crippen LogP contribution is -2.52. The van der Waals surface area contributed by atoms with Crippen molar-refractivity contribution in [1.29, 1.82) is 0 Å². The number of halogens is 2. The molecule has 1 unspecified atom stereocenters. The zero-order chi connectivity index (χ0) is 22.9. The van der Waals surface area contributed by atoms with Crippen molar-refractivity contribution in [2.24, 2.45) is 0 Å². The molecule has 0 aromatic heterocycles. The van der Waals surface area contributed by atoms with Gasteiger partial charge in [-0.15, -0.1) is 0 Å². The minimum Gasteiger partial charge on any atom is -0.484 e. The maximum absolute atomic E-state index is 13.2. The Hall–Kier alpha value is -2.60. The van der Waals surface area contributed by atoms with Crippen LogP contribution in [0.2, 0.25) is 5.02 Å². The molecule has 0 saturated heterocycles. The van der Waals surface area contributed by atoms with Gasteiger partial charge in [0.25, 0.3) is 5.91 Å². The summed E-state index contributed by atoms with van der Waals surface area (Å²) in [6.45, 7) is 1.92. The second-order valence-corrected chi connectivity index (χ2v) is 8.59. The van der Waals surface area contributed by atoms with Gasteiger partial charge >= 0.3 is 0 Å². The van der Waals surface area contributed by atoms with Gasteiger partial charge in [0.2, 0.25) is 5.91 Å². The number of hydrogen-bond donors (Lipinski definition) is 1. The van der Waals surface area contributed by atoms with Gasteiger partial charge in [-0.1, -0.05) is 49.9 Å². The van der Waals surface area contributed by atoms with E-state index in [0.29, 0.717) is 17.2 Å². The molecule has 172 valence electrons. The highest BCUT2D eigenvalue weighted by Gasteiger charge is 2.30. The predicted molar refractivity (Wildman–Crippen MR) is 123 cm³/mol. The molecule has 0 bridgehead atoms. The molecule has 1 saturated carbocycles. The van der Waals surface area contributed by atoms with Crippen molar-refractivity contribution < 1.29 is 18.7 Å². The lowest BCUT2D eigenvalue weighted by atomic mass is 9.95. The topological polar surface area (TPSA) is 58.6 Å². The van der Waals surface area contributed by atoms with Gasteiger partial charge in [0.1, 0.15) is 17.6 Å². The molecule has 1 atom stereocenters. The van der Waals surface area contributed by atoms with Gasteiger partial charge in [0.15, 0.2) is 6.61 Å². The highest BCUT2D eigenvalue weighted by atomic mass is 35.5. The molecule has 32 heavy (non-hydrogen) atoms. The molecule has 2 aromatic rings. The summed E-state index contributed by atoms with van der Waals surface area (Å²) >= 11 is 6.00. The lowest BCUT2D eigenvalue weighted by Gasteiger charge is -2.32. The van der Waals surface area contributed by atoms with Crippen molar-refractivity contribution in [1.82, 2.24) is 10.2 Å². The molecule has 1 N–H and O–H groups in total. The summed E-state index contributed by atoms with van der Waals surface area (Å²) in [5, 5.41) is 3.75. The Balaban J connectivity index is 1.73. The van der Waals surface area contributed by atoms with Gasteiger partial charge in [0.05, 0.1) is 0 Å². The van der Waals surface area contributed by atoms with E-state index < -0.39 is 6.04 Å². The number of ether oxygens (including phenoxy) is 1. The molecule has 0 aliphatic heterocycles. The summed E-state index contributed by atoms with van der Waals surface area (Å²) in [6.07, 6.45) is 5.85. The number of nitrogens with zero attached hydrogens (tertiary/aromatic N) is 1. The first-order chi connectivity index (χ1) is 15.5. The number of rotatable bonds is 9. The Kier molecular flexibility index (Phi) is 8.91. The molecule has 0 spiro atoms. The second-order valence-electron chi connectivity index (χ2n) is 8.16. The maximum Gasteiger partial charge on any atom is 0.261 e. The van der Waals surface area contributed by atoms with Gasteiger partial charge < -0.3 is 15.0 Å². The van der Waals surface area contributed by atoms with E-state index >= 15 is 0 Å². The van der Waals surface area contributed by atoms with Crippen LogP contribution in [0.15, 0.2) is 48.5 Å². The highest BCUT2D eigenvalue weighted by molar-refractivity contribution is 6.30. The normalized spacial score (nSPS) is 15.1. The number of carbonyl (C=O) groups excluding carboxylic acids is 2. The molecule has 3 rings (SSSR count). The molecular weight excluding hydrogens is 431 g/mol. The fraction of sp³-hybridized carbons (Fsp3) is 0.440. The van der Waals surface area contributed by atoms with E-state index in [1.165, 1.54) is 30.7 Å². The summed E-state index contributed by atoms with van der Waals surface area (Å²) in [5.74, 6) is -0.428. The largest absolute Gasteiger partial charge is 0.484 e. The Morgan fingerprint density at radius 1 is 1.09 bits per heavy atom. The summed E-state index contributed by atoms with van der Waals surface area (Å²) in [7, 11) is 0. The number of benzene rings is 2. The van der Waals surface area contributed by atoms with Crippen molar-refractivity contribution >= 4 is 23.4 Å². The van der Waals surface area contributed by atoms with Crippen LogP contribution in [-0.4, -0.2) is 35.4 Å². The van der Waals surface area contributed by atoms with Gasteiger partial charge in [-0.05, 0) is 61.2 Å². The monoisotopic (exact) mass is 460 g/mol. The van der Waals surface area contributed by atoms with Crippen LogP contribution in [0.4, 0.5) is 4.39 Å². The van der Waals surface area contributed by atoms with Crippen LogP contribution >= 0.6 is 11.6 Å². The van der Waals surface area contributed by atoms with Gasteiger partial charge in [-0.25, -0.2) is 4.39 Å². The van der Waals surface area contributed by atoms with E-state index in [2.05, 4.69) is 5.32 Å². The van der Waals surface area contributed by atoms with E-state index in [4.69, 9.17) is 16.3 Å². The van der Waals surface area contributed by atoms with E-state index in [1.807, 2.05) is 19.1 Å². The zero-order valence-electron chi connectivity index (χ0n) is 18.4. The molecule has 2 aromatic carbocycles. The Morgan fingerprint density at radius 2 is 1.75 bits per heavy atom. The van der Waals surface area contributed by atoms with Crippen LogP contribution in [0.5, 0.6) is 5.75 Å². The third kappa shape index (κ3) is 6.95. The standard InChI is InChI=1S/C25H30ClFN2O3/c1-2-23(25(31)28-21-6-4-3-5-7-21)29(16-18-8-10-19(26)11-9-18)24(30)17-32-22-14-12-20(27)13-15-22/h8-15,21,23H,2-7,16-17H2,1H3,(H,28,31). The molecule has 2 amide bonds. The van der Waals surface area contributed by atoms with Crippen molar-refractivity contribution in [2.75, 3.05) is 6.61 Å². The molecule has 1 aliphatic carbocycles. The minimum absolute atomic E-state index is 0.136. The molecule has 0 heterocycles. The lowest BCUT2D eigenvalue weighted by molar-refractivity contribution is -0.143. The van der Waals surface area contributed by atoms with Crippen molar-refractivity contribution in [3.05, 3.63) is 64.9 Å². The number of amides is 2. The van der Waals surface area contributed by atoms with Crippen molar-refractivity contribution in [3.8, 4) is 5.75 Å². The Morgan fingerprint density at radius 3 is 2.38 bits per heavy atom. The summed E-state index contributed by atoms with van der Waals surface area (Å²) in [4.78, 5) is 27.9. The summed E-state index contributed by atoms with van der Waals surface area (Å²) in [5.41, 5.74) is 0.869. The third-order valence-electron chi connectivity index (χ3n) is 5.78. The van der Waals surface area contributed by atoms with Crippen LogP contribution < -0.4 is 10.1 Å². The second kappa shape index (κ2) is 11.9. The first kappa shape index (κ1) is 24.1. The van der Waals surface area contributed by atoms with Crippen LogP contribution in [0.3, 0.4) is 0 Å². The van der Waals surface area contributed by atoms with E-state index in [0.717, 1.165) is 31.2 Å². The number of hydrogen-bond acceptors (Lipinski definition) is 3. The molecule has 5 nitrogen and oxygen atoms in total. The molecule has 1 fully saturated rings. The first-order valence-electron chi connectivity index (χ1n) is 11.2. The van der Waals surface area contributed by atoms with Gasteiger partial charge in [-0.3, -0.25) is 9.59 Å². The summed E-state index contributed by atoms with van der Waals surface area (Å²) in [6, 6.07) is 12.2. The fourth-order valence-electron chi connectivity index (χ4n) is 4.01. The molecule has 1 aliphatic rings. The van der Waals surface area contributed by atoms with E-state index in [-0.39, 0.29) is 36.8 Å². The van der Waals surface area contributed by atoms with Crippen molar-refractivity contribution in [3.63, 3.8) is 0 Å². The molecule has 7 heteroatoms. The maximum atomic E-state index is 13.2. The summed E-state index contributed by atoms with van der Waals surface area (Å²) < 4.78 is 18.7. The average Bonchev–Trinajstić information content (AvgIpc) is 2.80. The van der Waals surface area contributed by atoms with Crippen LogP contribution in [0.25, 0.3) is 0 Å². The van der Waals surface area contributed by atoms with E-state index in [1.54, 1.807) is 17.0 Å². The van der Waals surface area contributed by atoms with E-state index in [9.17, 15) is 14.0 Å². The smallest absolute Gasteiger partial charge is 0.261 e. The minimum atomic E-state index is -0.614. The predicted octanol–water partition coefficient (Wildman–Crippen LogP) is 5.11. The van der Waals surface area contributed by atoms with Crippen LogP contribution in [-0.2, 0) is 16.1 Å². The highest BCUT2D eigenvalue weighted by Crippen LogP contribution is 2.20. The Bertz CT molecular complexity index is 883. The molecule has 0 radical (unpaired) electrons.